The molecule has 0 aliphatic heterocycles. The zero-order valence-corrected chi connectivity index (χ0v) is 13.6. The van der Waals surface area contributed by atoms with Crippen molar-refractivity contribution in [3.63, 3.8) is 0 Å². The first-order valence-corrected chi connectivity index (χ1v) is 7.55. The Hall–Kier alpha value is -2.96. The lowest BCUT2D eigenvalue weighted by Gasteiger charge is -2.09. The van der Waals surface area contributed by atoms with Gasteiger partial charge in [0.25, 0.3) is 0 Å². The Balaban J connectivity index is 1.81. The van der Waals surface area contributed by atoms with E-state index in [1.165, 1.54) is 43.5 Å². The van der Waals surface area contributed by atoms with Crippen LogP contribution < -0.4 is 10.1 Å². The van der Waals surface area contributed by atoms with E-state index in [0.717, 1.165) is 6.07 Å². The molecule has 5 nitrogen and oxygen atoms in total. The quantitative estimate of drug-likeness (QED) is 0.613. The van der Waals surface area contributed by atoms with E-state index in [1.54, 1.807) is 0 Å². The summed E-state index contributed by atoms with van der Waals surface area (Å²) in [5.74, 6) is -1.54. The van der Waals surface area contributed by atoms with Gasteiger partial charge in [-0.2, -0.15) is 0 Å². The molecule has 0 aliphatic carbocycles. The van der Waals surface area contributed by atoms with Gasteiger partial charge < -0.3 is 14.8 Å². The van der Waals surface area contributed by atoms with Crippen LogP contribution in [0, 0.1) is 11.6 Å². The maximum atomic E-state index is 13.7. The average Bonchev–Trinajstić information content (AvgIpc) is 2.61. The normalized spacial score (nSPS) is 10.2. The molecule has 1 amide bonds. The van der Waals surface area contributed by atoms with Crippen LogP contribution in [0.25, 0.3) is 0 Å². The largest absolute Gasteiger partial charge is 0.494 e. The Labute approximate surface area is 143 Å². The number of hydrogen-bond acceptors (Lipinski definition) is 4. The van der Waals surface area contributed by atoms with Crippen LogP contribution in [0.5, 0.6) is 5.75 Å². The number of halogens is 2. The molecule has 0 aromatic heterocycles. The molecule has 1 N–H and O–H groups in total. The van der Waals surface area contributed by atoms with E-state index in [0.29, 0.717) is 12.2 Å². The van der Waals surface area contributed by atoms with Crippen LogP contribution in [-0.4, -0.2) is 25.6 Å². The highest BCUT2D eigenvalue weighted by Crippen LogP contribution is 2.17. The number of carbonyl (C=O) groups excluding carboxylic acids is 2. The highest BCUT2D eigenvalue weighted by molar-refractivity contribution is 5.94. The SMILES string of the molecule is COC(=O)c1ccc(F)c(NC(=O)CCCOc2ccc(F)cc2)c1. The van der Waals surface area contributed by atoms with Gasteiger partial charge in [-0.3, -0.25) is 4.79 Å². The fourth-order valence-electron chi connectivity index (χ4n) is 2.03. The van der Waals surface area contributed by atoms with Crippen LogP contribution >= 0.6 is 0 Å². The third-order valence-electron chi connectivity index (χ3n) is 3.29. The smallest absolute Gasteiger partial charge is 0.337 e. The van der Waals surface area contributed by atoms with Crippen molar-refractivity contribution in [2.45, 2.75) is 12.8 Å². The van der Waals surface area contributed by atoms with E-state index in [-0.39, 0.29) is 30.1 Å². The lowest BCUT2D eigenvalue weighted by Crippen LogP contribution is -2.14. The van der Waals surface area contributed by atoms with Crippen molar-refractivity contribution in [2.24, 2.45) is 0 Å². The van der Waals surface area contributed by atoms with Crippen molar-refractivity contribution in [3.8, 4) is 5.75 Å². The fraction of sp³-hybridized carbons (Fsp3) is 0.222. The lowest BCUT2D eigenvalue weighted by atomic mass is 10.2. The first kappa shape index (κ1) is 18.4. The van der Waals surface area contributed by atoms with Gasteiger partial charge in [0.1, 0.15) is 17.4 Å². The third kappa shape index (κ3) is 5.56. The van der Waals surface area contributed by atoms with Crippen LogP contribution in [0.3, 0.4) is 0 Å². The number of amides is 1. The number of carbonyl (C=O) groups is 2. The van der Waals surface area contributed by atoms with Gasteiger partial charge in [0.2, 0.25) is 5.91 Å². The van der Waals surface area contributed by atoms with E-state index in [2.05, 4.69) is 10.1 Å². The van der Waals surface area contributed by atoms with Crippen LogP contribution in [0.1, 0.15) is 23.2 Å². The number of nitrogens with one attached hydrogen (secondary N) is 1. The zero-order valence-electron chi connectivity index (χ0n) is 13.6. The van der Waals surface area contributed by atoms with Crippen molar-refractivity contribution in [3.05, 3.63) is 59.7 Å². The molecular weight excluding hydrogens is 332 g/mol. The highest BCUT2D eigenvalue weighted by atomic mass is 19.1. The molecule has 0 radical (unpaired) electrons. The second-order valence-corrected chi connectivity index (χ2v) is 5.14. The molecule has 2 aromatic rings. The van der Waals surface area contributed by atoms with Gasteiger partial charge >= 0.3 is 5.97 Å². The molecule has 0 atom stereocenters. The predicted molar refractivity (Wildman–Crippen MR) is 87.5 cm³/mol. The molecule has 0 unspecified atom stereocenters. The highest BCUT2D eigenvalue weighted by Gasteiger charge is 2.12. The number of esters is 1. The first-order chi connectivity index (χ1) is 12.0. The number of benzene rings is 2. The number of rotatable bonds is 7. The number of ether oxygens (including phenoxy) is 2. The summed E-state index contributed by atoms with van der Waals surface area (Å²) in [6, 6.07) is 9.10. The van der Waals surface area contributed by atoms with E-state index in [4.69, 9.17) is 4.74 Å². The molecule has 0 heterocycles. The molecular formula is C18H17F2NO4. The lowest BCUT2D eigenvalue weighted by molar-refractivity contribution is -0.116. The molecule has 25 heavy (non-hydrogen) atoms. The summed E-state index contributed by atoms with van der Waals surface area (Å²) in [4.78, 5) is 23.3. The summed E-state index contributed by atoms with van der Waals surface area (Å²) in [6.45, 7) is 0.254. The molecule has 2 aromatic carbocycles. The second-order valence-electron chi connectivity index (χ2n) is 5.14. The van der Waals surface area contributed by atoms with E-state index >= 15 is 0 Å². The molecule has 0 saturated carbocycles. The van der Waals surface area contributed by atoms with Gasteiger partial charge in [-0.05, 0) is 48.9 Å². The molecule has 132 valence electrons. The van der Waals surface area contributed by atoms with Crippen molar-refractivity contribution < 1.29 is 27.8 Å². The number of methoxy groups -OCH3 is 1. The minimum atomic E-state index is -0.649. The Morgan fingerprint density at radius 1 is 1.08 bits per heavy atom. The second kappa shape index (κ2) is 8.77. The van der Waals surface area contributed by atoms with Gasteiger partial charge in [-0.1, -0.05) is 0 Å². The molecule has 0 saturated heterocycles. The first-order valence-electron chi connectivity index (χ1n) is 7.55. The minimum Gasteiger partial charge on any atom is -0.494 e. The summed E-state index contributed by atoms with van der Waals surface area (Å²) in [5, 5.41) is 2.41. The van der Waals surface area contributed by atoms with E-state index in [9.17, 15) is 18.4 Å². The average molecular weight is 349 g/mol. The van der Waals surface area contributed by atoms with Gasteiger partial charge in [-0.15, -0.1) is 0 Å². The van der Waals surface area contributed by atoms with Gasteiger partial charge in [-0.25, -0.2) is 13.6 Å². The molecule has 2 rings (SSSR count). The zero-order chi connectivity index (χ0) is 18.2. The van der Waals surface area contributed by atoms with Crippen molar-refractivity contribution in [1.29, 1.82) is 0 Å². The van der Waals surface area contributed by atoms with E-state index in [1.807, 2.05) is 0 Å². The maximum Gasteiger partial charge on any atom is 0.337 e. The maximum absolute atomic E-state index is 13.7. The van der Waals surface area contributed by atoms with Crippen molar-refractivity contribution in [1.82, 2.24) is 0 Å². The molecule has 7 heteroatoms. The van der Waals surface area contributed by atoms with Crippen LogP contribution in [-0.2, 0) is 9.53 Å². The molecule has 0 fully saturated rings. The summed E-state index contributed by atoms with van der Waals surface area (Å²) >= 11 is 0. The summed E-state index contributed by atoms with van der Waals surface area (Å²) < 4.78 is 36.4. The third-order valence-corrected chi connectivity index (χ3v) is 3.29. The van der Waals surface area contributed by atoms with Crippen LogP contribution in [0.2, 0.25) is 0 Å². The number of hydrogen-bond donors (Lipinski definition) is 1. The minimum absolute atomic E-state index is 0.0904. The monoisotopic (exact) mass is 349 g/mol. The Morgan fingerprint density at radius 2 is 1.80 bits per heavy atom. The van der Waals surface area contributed by atoms with Crippen LogP contribution in [0.4, 0.5) is 14.5 Å². The fourth-order valence-corrected chi connectivity index (χ4v) is 2.03. The summed E-state index contributed by atoms with van der Waals surface area (Å²) in [5.41, 5.74) is 0.0474. The topological polar surface area (TPSA) is 64.6 Å². The number of anilines is 1. The summed E-state index contributed by atoms with van der Waals surface area (Å²) in [7, 11) is 1.21. The van der Waals surface area contributed by atoms with Crippen molar-refractivity contribution in [2.75, 3.05) is 19.0 Å². The van der Waals surface area contributed by atoms with Gasteiger partial charge in [0.15, 0.2) is 0 Å². The summed E-state index contributed by atoms with van der Waals surface area (Å²) in [6.07, 6.45) is 0.491. The Morgan fingerprint density at radius 3 is 2.48 bits per heavy atom. The molecule has 0 bridgehead atoms. The molecule has 0 spiro atoms. The standard InChI is InChI=1S/C18H17F2NO4/c1-24-18(23)12-4-9-15(20)16(11-12)21-17(22)3-2-10-25-14-7-5-13(19)6-8-14/h4-9,11H,2-3,10H2,1H3,(H,21,22). The Bertz CT molecular complexity index is 747. The van der Waals surface area contributed by atoms with E-state index < -0.39 is 17.7 Å². The Kier molecular flexibility index (Phi) is 6.45. The van der Waals surface area contributed by atoms with Crippen molar-refractivity contribution >= 4 is 17.6 Å². The van der Waals surface area contributed by atoms with Gasteiger partial charge in [0.05, 0.1) is 25.0 Å². The predicted octanol–water partition coefficient (Wildman–Crippen LogP) is 3.55. The molecule has 0 aliphatic rings. The van der Waals surface area contributed by atoms with Crippen LogP contribution in [0.15, 0.2) is 42.5 Å². The van der Waals surface area contributed by atoms with Gasteiger partial charge in [0, 0.05) is 6.42 Å².